The van der Waals surface area contributed by atoms with Crippen molar-refractivity contribution in [1.29, 1.82) is 0 Å². The van der Waals surface area contributed by atoms with Crippen LogP contribution in [0.5, 0.6) is 11.5 Å². The molecule has 2 aliphatic heterocycles. The molecule has 2 aromatic heterocycles. The lowest BCUT2D eigenvalue weighted by Crippen LogP contribution is -2.36. The van der Waals surface area contributed by atoms with Gasteiger partial charge >= 0.3 is 0 Å². The SMILES string of the molecule is Nc1nc(-c2cc3c4c(n[nH]c4c2)Nc2ccccc2O3)cc(N2CCOCC2)n1. The summed E-state index contributed by atoms with van der Waals surface area (Å²) in [6.07, 6.45) is 0. The third kappa shape index (κ3) is 2.79. The maximum absolute atomic E-state index is 6.25. The molecular weight excluding hydrogens is 382 g/mol. The smallest absolute Gasteiger partial charge is 0.222 e. The van der Waals surface area contributed by atoms with Crippen molar-refractivity contribution in [2.75, 3.05) is 42.3 Å². The molecule has 0 unspecified atom stereocenters. The van der Waals surface area contributed by atoms with Crippen LogP contribution in [0, 0.1) is 0 Å². The Morgan fingerprint density at radius 3 is 2.77 bits per heavy atom. The van der Waals surface area contributed by atoms with Crippen LogP contribution in [0.4, 0.5) is 23.3 Å². The van der Waals surface area contributed by atoms with E-state index in [1.807, 2.05) is 42.5 Å². The van der Waals surface area contributed by atoms with Crippen LogP contribution >= 0.6 is 0 Å². The number of aromatic nitrogens is 4. The number of nitrogen functional groups attached to an aromatic ring is 1. The number of aromatic amines is 1. The number of H-pyrrole nitrogens is 1. The summed E-state index contributed by atoms with van der Waals surface area (Å²) in [5.74, 6) is 3.20. The van der Waals surface area contributed by atoms with Gasteiger partial charge in [0.05, 0.1) is 35.5 Å². The monoisotopic (exact) mass is 401 g/mol. The summed E-state index contributed by atoms with van der Waals surface area (Å²) in [6, 6.07) is 13.7. The highest BCUT2D eigenvalue weighted by atomic mass is 16.5. The maximum atomic E-state index is 6.25. The van der Waals surface area contributed by atoms with Gasteiger partial charge < -0.3 is 25.4 Å². The number of morpholine rings is 1. The average molecular weight is 401 g/mol. The van der Waals surface area contributed by atoms with Gasteiger partial charge in [-0.15, -0.1) is 0 Å². The first-order chi connectivity index (χ1) is 14.7. The van der Waals surface area contributed by atoms with E-state index in [1.54, 1.807) is 0 Å². The topological polar surface area (TPSA) is 114 Å². The molecule has 150 valence electrons. The van der Waals surface area contributed by atoms with E-state index in [2.05, 4.69) is 30.4 Å². The summed E-state index contributed by atoms with van der Waals surface area (Å²) in [5, 5.41) is 11.7. The molecule has 1 fully saturated rings. The van der Waals surface area contributed by atoms with Gasteiger partial charge in [-0.25, -0.2) is 4.98 Å². The second kappa shape index (κ2) is 6.60. The Labute approximate surface area is 171 Å². The third-order valence-electron chi connectivity index (χ3n) is 5.35. The normalized spacial score (nSPS) is 15.3. The number of ether oxygens (including phenoxy) is 2. The summed E-state index contributed by atoms with van der Waals surface area (Å²) in [6.45, 7) is 2.89. The average Bonchev–Trinajstić information content (AvgIpc) is 3.10. The number of rotatable bonds is 2. The van der Waals surface area contributed by atoms with Crippen molar-refractivity contribution >= 4 is 34.2 Å². The predicted octanol–water partition coefficient (Wildman–Crippen LogP) is 3.29. The van der Waals surface area contributed by atoms with E-state index in [1.165, 1.54) is 0 Å². The molecule has 2 aromatic carbocycles. The molecule has 4 N–H and O–H groups in total. The van der Waals surface area contributed by atoms with Crippen LogP contribution < -0.4 is 20.7 Å². The zero-order chi connectivity index (χ0) is 20.1. The van der Waals surface area contributed by atoms with E-state index in [9.17, 15) is 0 Å². The molecule has 0 aliphatic carbocycles. The van der Waals surface area contributed by atoms with E-state index in [-0.39, 0.29) is 5.95 Å². The molecule has 6 rings (SSSR count). The van der Waals surface area contributed by atoms with Crippen LogP contribution in [-0.2, 0) is 4.74 Å². The van der Waals surface area contributed by atoms with E-state index in [4.69, 9.17) is 15.2 Å². The zero-order valence-electron chi connectivity index (χ0n) is 16.1. The first-order valence-corrected chi connectivity index (χ1v) is 9.78. The number of nitrogens with one attached hydrogen (secondary N) is 2. The van der Waals surface area contributed by atoms with Crippen LogP contribution in [0.25, 0.3) is 22.2 Å². The van der Waals surface area contributed by atoms with Crippen molar-refractivity contribution in [3.05, 3.63) is 42.5 Å². The van der Waals surface area contributed by atoms with Gasteiger partial charge in [-0.3, -0.25) is 5.10 Å². The van der Waals surface area contributed by atoms with Gasteiger partial charge in [0, 0.05) is 24.7 Å². The highest BCUT2D eigenvalue weighted by Crippen LogP contribution is 2.44. The predicted molar refractivity (Wildman–Crippen MR) is 114 cm³/mol. The van der Waals surface area contributed by atoms with Gasteiger partial charge in [0.1, 0.15) is 11.6 Å². The van der Waals surface area contributed by atoms with Gasteiger partial charge in [0.15, 0.2) is 11.6 Å². The standard InChI is InChI=1S/C21H19N7O2/c22-21-24-14(11-18(25-21)28-5-7-29-8-6-28)12-9-15-19-17(10-12)30-16-4-2-1-3-13(16)23-20(19)27-26-15/h1-4,9-11H,5-8H2,(H2,22,24,25)(H2,23,26,27). The second-order valence-corrected chi connectivity index (χ2v) is 7.26. The fraction of sp³-hybridized carbons (Fsp3) is 0.190. The lowest BCUT2D eigenvalue weighted by atomic mass is 10.1. The van der Waals surface area contributed by atoms with Crippen LogP contribution in [-0.4, -0.2) is 46.5 Å². The summed E-state index contributed by atoms with van der Waals surface area (Å²) < 4.78 is 11.7. The molecule has 0 radical (unpaired) electrons. The lowest BCUT2D eigenvalue weighted by Gasteiger charge is -2.28. The summed E-state index contributed by atoms with van der Waals surface area (Å²) in [4.78, 5) is 11.1. The van der Waals surface area contributed by atoms with Crippen molar-refractivity contribution in [2.24, 2.45) is 0 Å². The molecule has 4 heterocycles. The minimum Gasteiger partial charge on any atom is -0.454 e. The molecule has 30 heavy (non-hydrogen) atoms. The first-order valence-electron chi connectivity index (χ1n) is 9.78. The van der Waals surface area contributed by atoms with Gasteiger partial charge in [0.25, 0.3) is 0 Å². The molecule has 1 saturated heterocycles. The van der Waals surface area contributed by atoms with Crippen LogP contribution in [0.1, 0.15) is 0 Å². The minimum absolute atomic E-state index is 0.234. The van der Waals surface area contributed by atoms with Crippen molar-refractivity contribution in [2.45, 2.75) is 0 Å². The van der Waals surface area contributed by atoms with Gasteiger partial charge in [-0.1, -0.05) is 12.1 Å². The van der Waals surface area contributed by atoms with Crippen LogP contribution in [0.2, 0.25) is 0 Å². The number of benzene rings is 2. The fourth-order valence-corrected chi connectivity index (χ4v) is 3.90. The Morgan fingerprint density at radius 1 is 1.00 bits per heavy atom. The van der Waals surface area contributed by atoms with E-state index in [0.717, 1.165) is 58.3 Å². The van der Waals surface area contributed by atoms with Crippen molar-refractivity contribution in [3.63, 3.8) is 0 Å². The molecule has 0 saturated carbocycles. The highest BCUT2D eigenvalue weighted by molar-refractivity contribution is 6.00. The molecule has 0 amide bonds. The van der Waals surface area contributed by atoms with Gasteiger partial charge in [0.2, 0.25) is 5.95 Å². The summed E-state index contributed by atoms with van der Waals surface area (Å²) in [5.41, 5.74) is 9.36. The first kappa shape index (κ1) is 17.0. The van der Waals surface area contributed by atoms with E-state index < -0.39 is 0 Å². The Bertz CT molecular complexity index is 1260. The number of nitrogens with zero attached hydrogens (tertiary/aromatic N) is 4. The molecular formula is C21H19N7O2. The van der Waals surface area contributed by atoms with Gasteiger partial charge in [-0.2, -0.15) is 10.1 Å². The Morgan fingerprint density at radius 2 is 1.87 bits per heavy atom. The molecule has 0 spiro atoms. The number of fused-ring (bicyclic) bond motifs is 1. The number of anilines is 4. The van der Waals surface area contributed by atoms with Crippen molar-refractivity contribution < 1.29 is 9.47 Å². The molecule has 4 aromatic rings. The molecule has 2 aliphatic rings. The second-order valence-electron chi connectivity index (χ2n) is 7.26. The molecule has 9 nitrogen and oxygen atoms in total. The number of nitrogens with two attached hydrogens (primary N) is 1. The van der Waals surface area contributed by atoms with E-state index >= 15 is 0 Å². The van der Waals surface area contributed by atoms with Crippen molar-refractivity contribution in [1.82, 2.24) is 20.2 Å². The quantitative estimate of drug-likeness (QED) is 0.413. The fourth-order valence-electron chi connectivity index (χ4n) is 3.90. The number of para-hydroxylation sites is 2. The zero-order valence-corrected chi connectivity index (χ0v) is 16.1. The van der Waals surface area contributed by atoms with Crippen molar-refractivity contribution in [3.8, 4) is 22.8 Å². The van der Waals surface area contributed by atoms with Gasteiger partial charge in [-0.05, 0) is 24.3 Å². The summed E-state index contributed by atoms with van der Waals surface area (Å²) >= 11 is 0. The largest absolute Gasteiger partial charge is 0.454 e. The highest BCUT2D eigenvalue weighted by Gasteiger charge is 2.21. The Kier molecular flexibility index (Phi) is 3.75. The minimum atomic E-state index is 0.234. The Balaban J connectivity index is 1.48. The third-order valence-corrected chi connectivity index (χ3v) is 5.35. The van der Waals surface area contributed by atoms with Crippen LogP contribution in [0.15, 0.2) is 42.5 Å². The molecule has 0 bridgehead atoms. The number of hydrogen-bond acceptors (Lipinski definition) is 8. The van der Waals surface area contributed by atoms with E-state index in [0.29, 0.717) is 19.0 Å². The Hall–Kier alpha value is -3.85. The van der Waals surface area contributed by atoms with Crippen LogP contribution in [0.3, 0.4) is 0 Å². The molecule has 9 heteroatoms. The summed E-state index contributed by atoms with van der Waals surface area (Å²) in [7, 11) is 0. The number of hydrogen-bond donors (Lipinski definition) is 3. The lowest BCUT2D eigenvalue weighted by molar-refractivity contribution is 0.122. The maximum Gasteiger partial charge on any atom is 0.222 e. The molecule has 0 atom stereocenters.